The van der Waals surface area contributed by atoms with Crippen LogP contribution in [-0.4, -0.2) is 70.4 Å². The van der Waals surface area contributed by atoms with E-state index < -0.39 is 17.7 Å². The molecule has 1 aromatic heterocycles. The fourth-order valence-corrected chi connectivity index (χ4v) is 9.45. The predicted octanol–water partition coefficient (Wildman–Crippen LogP) is 8.45. The third-order valence-electron chi connectivity index (χ3n) is 12.3. The van der Waals surface area contributed by atoms with E-state index in [0.717, 1.165) is 53.8 Å². The van der Waals surface area contributed by atoms with E-state index >= 15 is 0 Å². The van der Waals surface area contributed by atoms with E-state index in [2.05, 4.69) is 29.8 Å². The van der Waals surface area contributed by atoms with Gasteiger partial charge in [-0.15, -0.1) is 6.58 Å². The summed E-state index contributed by atoms with van der Waals surface area (Å²) in [4.78, 5) is 27.1. The van der Waals surface area contributed by atoms with Crippen molar-refractivity contribution in [2.75, 3.05) is 26.9 Å². The predicted molar refractivity (Wildman–Crippen MR) is 233 cm³/mol. The molecule has 1 aliphatic heterocycles. The van der Waals surface area contributed by atoms with Crippen molar-refractivity contribution < 1.29 is 34.1 Å². The van der Waals surface area contributed by atoms with Crippen LogP contribution in [0.15, 0.2) is 120 Å². The number of fused-ring (bicyclic) bond motifs is 2. The molecule has 11 nitrogen and oxygen atoms in total. The molecule has 1 fully saturated rings. The molecule has 0 radical (unpaired) electrons. The molecule has 4 aromatic rings. The summed E-state index contributed by atoms with van der Waals surface area (Å²) in [5.74, 6) is -0.863. The molecule has 318 valence electrons. The third-order valence-corrected chi connectivity index (χ3v) is 12.3. The molecule has 0 saturated heterocycles. The minimum Gasteiger partial charge on any atom is -0.487 e. The van der Waals surface area contributed by atoms with Gasteiger partial charge in [0.2, 0.25) is 5.79 Å². The number of ether oxygens (including phenoxy) is 3. The summed E-state index contributed by atoms with van der Waals surface area (Å²) in [7, 11) is 1.77. The highest BCUT2D eigenvalue weighted by Gasteiger charge is 2.65. The highest BCUT2D eigenvalue weighted by Crippen LogP contribution is 2.62. The molecule has 11 heteroatoms. The number of benzene rings is 3. The Morgan fingerprint density at radius 3 is 2.49 bits per heavy atom. The van der Waals surface area contributed by atoms with Gasteiger partial charge in [-0.25, -0.2) is 0 Å². The number of rotatable bonds is 19. The number of allylic oxidation sites excluding steroid dienone is 1. The number of nitriles is 1. The highest BCUT2D eigenvalue weighted by atomic mass is 16.7. The van der Waals surface area contributed by atoms with Crippen LogP contribution in [-0.2, 0) is 22.8 Å². The number of likely N-dealkylation sites (N-methyl/N-ethyl adjacent to an activating group) is 1. The van der Waals surface area contributed by atoms with Crippen LogP contribution in [0.1, 0.15) is 89.3 Å². The number of hydrogen-bond acceptors (Lipinski definition) is 10. The summed E-state index contributed by atoms with van der Waals surface area (Å²) in [6.45, 7) is 6.87. The zero-order valence-corrected chi connectivity index (χ0v) is 35.1. The number of aryl methyl sites for hydroxylation is 1. The van der Waals surface area contributed by atoms with Gasteiger partial charge in [0.15, 0.2) is 0 Å². The first-order valence-electron chi connectivity index (χ1n) is 21.4. The maximum atomic E-state index is 14.6. The van der Waals surface area contributed by atoms with Crippen LogP contribution in [0.25, 0.3) is 0 Å². The summed E-state index contributed by atoms with van der Waals surface area (Å²) in [6, 6.07) is 29.8. The monoisotopic (exact) mass is 824 g/mol. The largest absolute Gasteiger partial charge is 0.487 e. The van der Waals surface area contributed by atoms with Crippen molar-refractivity contribution in [3.63, 3.8) is 0 Å². The van der Waals surface area contributed by atoms with Crippen LogP contribution in [0.3, 0.4) is 0 Å². The van der Waals surface area contributed by atoms with Crippen molar-refractivity contribution in [3.05, 3.63) is 149 Å². The van der Waals surface area contributed by atoms with Crippen LogP contribution in [0.4, 0.5) is 0 Å². The molecule has 6 atom stereocenters. The van der Waals surface area contributed by atoms with Gasteiger partial charge in [0.05, 0.1) is 35.6 Å². The van der Waals surface area contributed by atoms with E-state index in [1.807, 2.05) is 67.6 Å². The van der Waals surface area contributed by atoms with Crippen molar-refractivity contribution in [1.82, 2.24) is 9.88 Å². The molecule has 0 unspecified atom stereocenters. The molecule has 0 bridgehead atoms. The number of aliphatic hydroxyl groups excluding tert-OH is 2. The SMILES string of the molecule is C=CCO[C@@]12Oc3ccc(OCc4cccc(C)n4)cc3[C@H]3[C@H](CCCCO)[C@@H](CCCCO)C=C(C(=NOCc4ccccc4)C[C@@H]1N(C)C(=O)c1ccc(C#N)cc1)[C@H]32. The van der Waals surface area contributed by atoms with Crippen molar-refractivity contribution in [2.24, 2.45) is 22.9 Å². The van der Waals surface area contributed by atoms with E-state index in [1.54, 1.807) is 42.3 Å². The standard InChI is InChI=1S/C50H56N4O7/c1-4-27-59-50-46(54(3)49(57)37-21-19-35(31-51)20-22-37)30-44(53-60-32-36-14-6-5-7-15-36)42-28-38(16-8-10-25-55)41(18-9-11-26-56)47(48(42)50)43-29-40(23-24-45(43)61-50)58-33-39-17-12-13-34(2)52-39/h4-7,12-15,17,19-24,28-29,38,41,46-48,55-56H,1,8-11,16,18,25-27,30,32-33H2,2-3H3/t38-,41+,46-,47+,48+,50+/m0/s1. The Morgan fingerprint density at radius 1 is 1.00 bits per heavy atom. The molecule has 3 aliphatic rings. The molecular weight excluding hydrogens is 769 g/mol. The van der Waals surface area contributed by atoms with Crippen LogP contribution in [0.2, 0.25) is 0 Å². The van der Waals surface area contributed by atoms with Crippen molar-refractivity contribution in [3.8, 4) is 17.6 Å². The first kappa shape index (κ1) is 43.3. The summed E-state index contributed by atoms with van der Waals surface area (Å²) in [6.07, 6.45) is 8.91. The summed E-state index contributed by atoms with van der Waals surface area (Å²) >= 11 is 0. The second-order valence-corrected chi connectivity index (χ2v) is 16.2. The minimum absolute atomic E-state index is 0.0619. The molecule has 3 aromatic carbocycles. The Labute approximate surface area is 358 Å². The second-order valence-electron chi connectivity index (χ2n) is 16.2. The number of aliphatic hydroxyl groups is 2. The number of unbranched alkanes of at least 4 members (excludes halogenated alkanes) is 2. The van der Waals surface area contributed by atoms with Crippen molar-refractivity contribution >= 4 is 11.6 Å². The van der Waals surface area contributed by atoms with Gasteiger partial charge in [0.1, 0.15) is 30.8 Å². The molecule has 1 amide bonds. The minimum atomic E-state index is -1.40. The maximum absolute atomic E-state index is 14.6. The van der Waals surface area contributed by atoms with E-state index in [1.165, 1.54) is 0 Å². The van der Waals surface area contributed by atoms with Gasteiger partial charge in [-0.05, 0) is 110 Å². The average Bonchev–Trinajstić information content (AvgIpc) is 3.29. The van der Waals surface area contributed by atoms with Crippen LogP contribution in [0.5, 0.6) is 11.5 Å². The zero-order chi connectivity index (χ0) is 42.8. The lowest BCUT2D eigenvalue weighted by atomic mass is 9.55. The molecule has 2 aliphatic carbocycles. The van der Waals surface area contributed by atoms with E-state index in [9.17, 15) is 20.3 Å². The Kier molecular flexibility index (Phi) is 14.3. The number of amides is 1. The molecule has 2 heterocycles. The number of aromatic nitrogens is 1. The summed E-state index contributed by atoms with van der Waals surface area (Å²) < 4.78 is 20.8. The number of oxime groups is 1. The van der Waals surface area contributed by atoms with E-state index in [0.29, 0.717) is 41.2 Å². The average molecular weight is 825 g/mol. The molecule has 7 rings (SSSR count). The first-order chi connectivity index (χ1) is 29.8. The molecule has 1 saturated carbocycles. The maximum Gasteiger partial charge on any atom is 0.254 e. The van der Waals surface area contributed by atoms with Crippen LogP contribution >= 0.6 is 0 Å². The molecule has 0 spiro atoms. The highest BCUT2D eigenvalue weighted by molar-refractivity contribution is 6.03. The number of carbonyl (C=O) groups is 1. The lowest BCUT2D eigenvalue weighted by Gasteiger charge is -2.59. The second kappa shape index (κ2) is 20.2. The van der Waals surface area contributed by atoms with Gasteiger partial charge in [-0.1, -0.05) is 66.5 Å². The summed E-state index contributed by atoms with van der Waals surface area (Å²) in [5, 5.41) is 34.2. The zero-order valence-electron chi connectivity index (χ0n) is 35.1. The number of nitrogens with zero attached hydrogens (tertiary/aromatic N) is 4. The van der Waals surface area contributed by atoms with E-state index in [-0.39, 0.29) is 63.1 Å². The van der Waals surface area contributed by atoms with E-state index in [4.69, 9.17) is 24.2 Å². The Morgan fingerprint density at radius 2 is 1.77 bits per heavy atom. The van der Waals surface area contributed by atoms with Gasteiger partial charge in [-0.3, -0.25) is 9.78 Å². The molecule has 2 N–H and O–H groups in total. The van der Waals surface area contributed by atoms with Gasteiger partial charge >= 0.3 is 0 Å². The molecular formula is C50H56N4O7. The lowest BCUT2D eigenvalue weighted by Crippen LogP contribution is -2.69. The van der Waals surface area contributed by atoms with Gasteiger partial charge in [0, 0.05) is 49.4 Å². The Hall–Kier alpha value is -5.80. The fraction of sp³-hybridized carbons (Fsp3) is 0.400. The fourth-order valence-electron chi connectivity index (χ4n) is 9.45. The lowest BCUT2D eigenvalue weighted by molar-refractivity contribution is -0.252. The quantitative estimate of drug-likeness (QED) is 0.0540. The Bertz CT molecular complexity index is 2240. The molecule has 61 heavy (non-hydrogen) atoms. The number of hydrogen-bond donors (Lipinski definition) is 2. The van der Waals surface area contributed by atoms with Crippen LogP contribution < -0.4 is 9.47 Å². The smallest absolute Gasteiger partial charge is 0.254 e. The van der Waals surface area contributed by atoms with Gasteiger partial charge < -0.3 is 34.2 Å². The first-order valence-corrected chi connectivity index (χ1v) is 21.4. The topological polar surface area (TPSA) is 147 Å². The van der Waals surface area contributed by atoms with Crippen molar-refractivity contribution in [1.29, 1.82) is 5.26 Å². The number of pyridine rings is 1. The Balaban J connectivity index is 1.40. The van der Waals surface area contributed by atoms with Gasteiger partial charge in [-0.2, -0.15) is 5.26 Å². The van der Waals surface area contributed by atoms with Crippen LogP contribution in [0, 0.1) is 36.0 Å². The summed E-state index contributed by atoms with van der Waals surface area (Å²) in [5.41, 5.74) is 6.21. The van der Waals surface area contributed by atoms with Crippen molar-refractivity contribution in [2.45, 2.75) is 82.8 Å². The number of carbonyl (C=O) groups excluding carboxylic acids is 1. The van der Waals surface area contributed by atoms with Gasteiger partial charge in [0.25, 0.3) is 5.91 Å². The third kappa shape index (κ3) is 9.57. The normalized spacial score (nSPS) is 23.1.